The highest BCUT2D eigenvalue weighted by molar-refractivity contribution is 5.91. The quantitative estimate of drug-likeness (QED) is 0.808. The van der Waals surface area contributed by atoms with Crippen molar-refractivity contribution in [2.24, 2.45) is 11.7 Å². The average Bonchev–Trinajstić information content (AvgIpc) is 2.31. The Labute approximate surface area is 94.0 Å². The molecule has 0 bridgehead atoms. The van der Waals surface area contributed by atoms with Crippen molar-refractivity contribution in [3.63, 3.8) is 0 Å². The minimum atomic E-state index is -0.514. The molecule has 2 rings (SSSR count). The van der Waals surface area contributed by atoms with Crippen LogP contribution in [0.1, 0.15) is 29.0 Å². The zero-order valence-corrected chi connectivity index (χ0v) is 9.06. The molecule has 1 aliphatic heterocycles. The van der Waals surface area contributed by atoms with Crippen molar-refractivity contribution >= 4 is 5.91 Å². The van der Waals surface area contributed by atoms with Gasteiger partial charge in [0.15, 0.2) is 0 Å². The molecule has 0 saturated carbocycles. The van der Waals surface area contributed by atoms with Crippen LogP contribution < -0.4 is 5.73 Å². The topological polar surface area (TPSA) is 78.1 Å². The standard InChI is InChI=1S/C11H15N3O2/c12-11(15)10-9(13-3-4-14-10)6-8-2-1-5-16-7-8/h3-4,8H,1-2,5-7H2,(H2,12,15). The predicted octanol–water partition coefficient (Wildman–Crippen LogP) is 0.545. The normalized spacial score (nSPS) is 20.6. The minimum absolute atomic E-state index is 0.285. The van der Waals surface area contributed by atoms with Gasteiger partial charge >= 0.3 is 0 Å². The maximum Gasteiger partial charge on any atom is 0.269 e. The van der Waals surface area contributed by atoms with Gasteiger partial charge in [0.25, 0.3) is 5.91 Å². The number of ether oxygens (including phenoxy) is 1. The number of amides is 1. The summed E-state index contributed by atoms with van der Waals surface area (Å²) in [5.74, 6) is -0.0941. The Morgan fingerprint density at radius 3 is 3.00 bits per heavy atom. The first-order chi connectivity index (χ1) is 7.77. The molecular formula is C11H15N3O2. The van der Waals surface area contributed by atoms with Crippen LogP contribution in [0.25, 0.3) is 0 Å². The first-order valence-corrected chi connectivity index (χ1v) is 5.45. The molecule has 2 heterocycles. The molecule has 1 aromatic rings. The Balaban J connectivity index is 2.10. The molecular weight excluding hydrogens is 206 g/mol. The van der Waals surface area contributed by atoms with E-state index >= 15 is 0 Å². The summed E-state index contributed by atoms with van der Waals surface area (Å²) in [5, 5.41) is 0. The van der Waals surface area contributed by atoms with Crippen LogP contribution in [-0.2, 0) is 11.2 Å². The van der Waals surface area contributed by atoms with Gasteiger partial charge < -0.3 is 10.5 Å². The summed E-state index contributed by atoms with van der Waals surface area (Å²) in [5.41, 5.74) is 6.22. The van der Waals surface area contributed by atoms with Gasteiger partial charge in [0.2, 0.25) is 0 Å². The SMILES string of the molecule is NC(=O)c1nccnc1CC1CCCOC1. The summed E-state index contributed by atoms with van der Waals surface area (Å²) >= 11 is 0. The number of hydrogen-bond donors (Lipinski definition) is 1. The highest BCUT2D eigenvalue weighted by atomic mass is 16.5. The molecule has 1 saturated heterocycles. The molecule has 16 heavy (non-hydrogen) atoms. The lowest BCUT2D eigenvalue weighted by Gasteiger charge is -2.21. The Bertz CT molecular complexity index is 375. The molecule has 1 aromatic heterocycles. The van der Waals surface area contributed by atoms with Gasteiger partial charge in [-0.1, -0.05) is 0 Å². The minimum Gasteiger partial charge on any atom is -0.381 e. The van der Waals surface area contributed by atoms with E-state index in [9.17, 15) is 4.79 Å². The molecule has 5 nitrogen and oxygen atoms in total. The number of carbonyl (C=O) groups is 1. The van der Waals surface area contributed by atoms with Gasteiger partial charge in [0.1, 0.15) is 5.69 Å². The molecule has 0 spiro atoms. The van der Waals surface area contributed by atoms with Crippen LogP contribution in [0.4, 0.5) is 0 Å². The number of nitrogens with two attached hydrogens (primary N) is 1. The van der Waals surface area contributed by atoms with Crippen LogP contribution in [0.3, 0.4) is 0 Å². The van der Waals surface area contributed by atoms with Crippen LogP contribution in [-0.4, -0.2) is 29.1 Å². The van der Waals surface area contributed by atoms with E-state index in [1.165, 1.54) is 6.20 Å². The van der Waals surface area contributed by atoms with Crippen molar-refractivity contribution in [1.82, 2.24) is 9.97 Å². The molecule has 1 fully saturated rings. The number of carbonyl (C=O) groups excluding carboxylic acids is 1. The molecule has 1 amide bonds. The lowest BCUT2D eigenvalue weighted by molar-refractivity contribution is 0.0545. The number of rotatable bonds is 3. The van der Waals surface area contributed by atoms with Crippen LogP contribution in [0.15, 0.2) is 12.4 Å². The molecule has 5 heteroatoms. The fourth-order valence-electron chi connectivity index (χ4n) is 1.96. The predicted molar refractivity (Wildman–Crippen MR) is 57.8 cm³/mol. The first kappa shape index (κ1) is 11.0. The molecule has 0 radical (unpaired) electrons. The maximum absolute atomic E-state index is 11.2. The summed E-state index contributed by atoms with van der Waals surface area (Å²) < 4.78 is 5.39. The summed E-state index contributed by atoms with van der Waals surface area (Å²) in [6, 6.07) is 0. The second-order valence-corrected chi connectivity index (χ2v) is 4.00. The monoisotopic (exact) mass is 221 g/mol. The van der Waals surface area contributed by atoms with Gasteiger partial charge in [-0.25, -0.2) is 4.98 Å². The van der Waals surface area contributed by atoms with Gasteiger partial charge in [-0.05, 0) is 25.2 Å². The van der Waals surface area contributed by atoms with Gasteiger partial charge in [-0.3, -0.25) is 9.78 Å². The van der Waals surface area contributed by atoms with Crippen LogP contribution >= 0.6 is 0 Å². The number of aromatic nitrogens is 2. The third-order valence-electron chi connectivity index (χ3n) is 2.74. The highest BCUT2D eigenvalue weighted by Gasteiger charge is 2.18. The van der Waals surface area contributed by atoms with Crippen LogP contribution in [0, 0.1) is 5.92 Å². The third kappa shape index (κ3) is 2.55. The lowest BCUT2D eigenvalue weighted by atomic mass is 9.96. The molecule has 2 N–H and O–H groups in total. The van der Waals surface area contributed by atoms with Crippen molar-refractivity contribution in [2.45, 2.75) is 19.3 Å². The van der Waals surface area contributed by atoms with E-state index in [1.54, 1.807) is 6.20 Å². The Hall–Kier alpha value is -1.49. The summed E-state index contributed by atoms with van der Waals surface area (Å²) in [6.07, 6.45) is 5.96. The highest BCUT2D eigenvalue weighted by Crippen LogP contribution is 2.18. The number of primary amides is 1. The largest absolute Gasteiger partial charge is 0.381 e. The Morgan fingerprint density at radius 1 is 1.50 bits per heavy atom. The van der Waals surface area contributed by atoms with Crippen molar-refractivity contribution in [3.05, 3.63) is 23.8 Å². The van der Waals surface area contributed by atoms with Crippen molar-refractivity contribution < 1.29 is 9.53 Å². The van der Waals surface area contributed by atoms with Crippen molar-refractivity contribution in [1.29, 1.82) is 0 Å². The second-order valence-electron chi connectivity index (χ2n) is 4.00. The Kier molecular flexibility index (Phi) is 3.46. The fourth-order valence-corrected chi connectivity index (χ4v) is 1.96. The van der Waals surface area contributed by atoms with Gasteiger partial charge in [-0.15, -0.1) is 0 Å². The maximum atomic E-state index is 11.2. The summed E-state index contributed by atoms with van der Waals surface area (Å²) in [7, 11) is 0. The molecule has 0 aliphatic carbocycles. The molecule has 86 valence electrons. The molecule has 1 unspecified atom stereocenters. The van der Waals surface area contributed by atoms with E-state index in [-0.39, 0.29) is 5.69 Å². The van der Waals surface area contributed by atoms with Gasteiger partial charge in [0.05, 0.1) is 5.69 Å². The first-order valence-electron chi connectivity index (χ1n) is 5.45. The van der Waals surface area contributed by atoms with E-state index in [0.717, 1.165) is 26.1 Å². The third-order valence-corrected chi connectivity index (χ3v) is 2.74. The number of hydrogen-bond acceptors (Lipinski definition) is 4. The van der Waals surface area contributed by atoms with Crippen molar-refractivity contribution in [3.8, 4) is 0 Å². The zero-order valence-electron chi connectivity index (χ0n) is 9.06. The molecule has 0 aromatic carbocycles. The van der Waals surface area contributed by atoms with Crippen LogP contribution in [0.5, 0.6) is 0 Å². The average molecular weight is 221 g/mol. The fraction of sp³-hybridized carbons (Fsp3) is 0.545. The van der Waals surface area contributed by atoms with Gasteiger partial charge in [-0.2, -0.15) is 0 Å². The van der Waals surface area contributed by atoms with Gasteiger partial charge in [0, 0.05) is 25.6 Å². The lowest BCUT2D eigenvalue weighted by Crippen LogP contribution is -2.23. The smallest absolute Gasteiger partial charge is 0.269 e. The van der Waals surface area contributed by atoms with E-state index in [0.29, 0.717) is 18.0 Å². The molecule has 1 atom stereocenters. The number of nitrogens with zero attached hydrogens (tertiary/aromatic N) is 2. The second kappa shape index (κ2) is 5.03. The summed E-state index contributed by atoms with van der Waals surface area (Å²) in [6.45, 7) is 1.56. The zero-order chi connectivity index (χ0) is 11.4. The van der Waals surface area contributed by atoms with Crippen LogP contribution in [0.2, 0.25) is 0 Å². The van der Waals surface area contributed by atoms with E-state index in [4.69, 9.17) is 10.5 Å². The Morgan fingerprint density at radius 2 is 2.31 bits per heavy atom. The summed E-state index contributed by atoms with van der Waals surface area (Å²) in [4.78, 5) is 19.3. The van der Waals surface area contributed by atoms with E-state index in [1.807, 2.05) is 0 Å². The van der Waals surface area contributed by atoms with E-state index < -0.39 is 5.91 Å². The van der Waals surface area contributed by atoms with E-state index in [2.05, 4.69) is 9.97 Å². The molecule has 1 aliphatic rings. The van der Waals surface area contributed by atoms with Crippen molar-refractivity contribution in [2.75, 3.05) is 13.2 Å².